The Labute approximate surface area is 195 Å². The van der Waals surface area contributed by atoms with E-state index in [-0.39, 0.29) is 18.1 Å². The van der Waals surface area contributed by atoms with E-state index in [2.05, 4.69) is 89.5 Å². The number of ether oxygens (including phenoxy) is 1. The zero-order valence-corrected chi connectivity index (χ0v) is 19.3. The highest BCUT2D eigenvalue weighted by molar-refractivity contribution is 5.43. The molecule has 0 amide bonds. The van der Waals surface area contributed by atoms with Crippen molar-refractivity contribution in [1.29, 1.82) is 0 Å². The van der Waals surface area contributed by atoms with E-state index in [9.17, 15) is 5.11 Å². The minimum Gasteiger partial charge on any atom is -0.508 e. The summed E-state index contributed by atoms with van der Waals surface area (Å²) >= 11 is 0. The van der Waals surface area contributed by atoms with Gasteiger partial charge in [0.25, 0.3) is 0 Å². The summed E-state index contributed by atoms with van der Waals surface area (Å²) in [5, 5.41) is 10.9. The average Bonchev–Trinajstić information content (AvgIpc) is 2.83. The SMILES string of the molecule is CN1C(c2ccccc2O)C2CN(Cc3ccccc3)CCC23Oc2ccccc2C1N3C. The van der Waals surface area contributed by atoms with E-state index in [1.165, 1.54) is 11.1 Å². The highest BCUT2D eigenvalue weighted by Crippen LogP contribution is 2.57. The number of hydrogen-bond acceptors (Lipinski definition) is 5. The van der Waals surface area contributed by atoms with Crippen LogP contribution in [0.25, 0.3) is 0 Å². The summed E-state index contributed by atoms with van der Waals surface area (Å²) in [6, 6.07) is 27.0. The molecule has 0 aliphatic carbocycles. The number of para-hydroxylation sites is 2. The molecular formula is C28H31N3O2. The lowest BCUT2D eigenvalue weighted by molar-refractivity contribution is -0.259. The van der Waals surface area contributed by atoms with Gasteiger partial charge in [-0.1, -0.05) is 66.7 Å². The van der Waals surface area contributed by atoms with Crippen LogP contribution in [0.4, 0.5) is 0 Å². The number of fused-ring (bicyclic) bond motifs is 3. The van der Waals surface area contributed by atoms with Crippen LogP contribution in [0.5, 0.6) is 11.5 Å². The molecular weight excluding hydrogens is 410 g/mol. The fraction of sp³-hybridized carbons (Fsp3) is 0.357. The maximum atomic E-state index is 10.9. The molecule has 6 rings (SSSR count). The molecule has 3 heterocycles. The van der Waals surface area contributed by atoms with E-state index in [1.807, 2.05) is 18.2 Å². The molecule has 3 aliphatic rings. The third-order valence-corrected chi connectivity index (χ3v) is 7.98. The molecule has 1 spiro atoms. The van der Waals surface area contributed by atoms with Crippen molar-refractivity contribution < 1.29 is 9.84 Å². The van der Waals surface area contributed by atoms with Gasteiger partial charge < -0.3 is 9.84 Å². The molecule has 2 fully saturated rings. The van der Waals surface area contributed by atoms with Gasteiger partial charge in [0.15, 0.2) is 5.72 Å². The van der Waals surface area contributed by atoms with Crippen molar-refractivity contribution in [1.82, 2.24) is 14.7 Å². The Kier molecular flexibility index (Phi) is 4.94. The van der Waals surface area contributed by atoms with Gasteiger partial charge in [-0.2, -0.15) is 0 Å². The van der Waals surface area contributed by atoms with Crippen molar-refractivity contribution >= 4 is 0 Å². The minimum atomic E-state index is -0.411. The van der Waals surface area contributed by atoms with Gasteiger partial charge >= 0.3 is 0 Å². The van der Waals surface area contributed by atoms with Gasteiger partial charge in [-0.05, 0) is 31.8 Å². The largest absolute Gasteiger partial charge is 0.508 e. The van der Waals surface area contributed by atoms with E-state index < -0.39 is 5.72 Å². The summed E-state index contributed by atoms with van der Waals surface area (Å²) < 4.78 is 6.94. The smallest absolute Gasteiger partial charge is 0.171 e. The highest BCUT2D eigenvalue weighted by atomic mass is 16.5. The Balaban J connectivity index is 1.45. The van der Waals surface area contributed by atoms with E-state index in [1.54, 1.807) is 0 Å². The number of hydrogen-bond donors (Lipinski definition) is 1. The molecule has 3 aromatic carbocycles. The summed E-state index contributed by atoms with van der Waals surface area (Å²) in [5.74, 6) is 1.52. The van der Waals surface area contributed by atoms with E-state index in [4.69, 9.17) is 4.74 Å². The van der Waals surface area contributed by atoms with Crippen LogP contribution in [0.2, 0.25) is 0 Å². The second-order valence-electron chi connectivity index (χ2n) is 9.72. The molecule has 0 radical (unpaired) electrons. The standard InChI is InChI=1S/C28H31N3O2/c1-29-26(21-12-6-8-14-24(21)32)23-19-31(18-20-10-4-3-5-11-20)17-16-28(23)30(2)27(29)22-13-7-9-15-25(22)33-28/h3-15,23,26-27,32H,16-19H2,1-2H3. The van der Waals surface area contributed by atoms with Gasteiger partial charge in [0.2, 0.25) is 0 Å². The second kappa shape index (κ2) is 7.87. The lowest BCUT2D eigenvalue weighted by Crippen LogP contribution is -2.72. The van der Waals surface area contributed by atoms with Crippen molar-refractivity contribution in [2.75, 3.05) is 27.2 Å². The van der Waals surface area contributed by atoms with E-state index in [0.717, 1.165) is 37.4 Å². The Bertz CT molecular complexity index is 1150. The Morgan fingerprint density at radius 1 is 0.909 bits per heavy atom. The first-order valence-corrected chi connectivity index (χ1v) is 11.9. The third-order valence-electron chi connectivity index (χ3n) is 7.98. The van der Waals surface area contributed by atoms with Crippen molar-refractivity contribution in [3.63, 3.8) is 0 Å². The first-order valence-electron chi connectivity index (χ1n) is 11.9. The molecule has 0 saturated carbocycles. The number of rotatable bonds is 3. The molecule has 1 N–H and O–H groups in total. The molecule has 2 bridgehead atoms. The van der Waals surface area contributed by atoms with Crippen molar-refractivity contribution in [3.05, 3.63) is 95.6 Å². The second-order valence-corrected chi connectivity index (χ2v) is 9.72. The van der Waals surface area contributed by atoms with Gasteiger partial charge in [-0.25, -0.2) is 4.90 Å². The number of nitrogens with zero attached hydrogens (tertiary/aromatic N) is 3. The summed E-state index contributed by atoms with van der Waals surface area (Å²) in [6.45, 7) is 2.80. The molecule has 3 aliphatic heterocycles. The van der Waals surface area contributed by atoms with Crippen molar-refractivity contribution in [2.45, 2.75) is 30.9 Å². The highest BCUT2D eigenvalue weighted by Gasteiger charge is 2.61. The molecule has 3 aromatic rings. The fourth-order valence-electron chi connectivity index (χ4n) is 6.48. The van der Waals surface area contributed by atoms with Crippen molar-refractivity contribution in [3.8, 4) is 11.5 Å². The summed E-state index contributed by atoms with van der Waals surface area (Å²) in [4.78, 5) is 7.42. The van der Waals surface area contributed by atoms with E-state index >= 15 is 0 Å². The zero-order chi connectivity index (χ0) is 22.6. The first kappa shape index (κ1) is 20.7. The zero-order valence-electron chi connectivity index (χ0n) is 19.3. The van der Waals surface area contributed by atoms with Gasteiger partial charge in [-0.3, -0.25) is 9.80 Å². The maximum Gasteiger partial charge on any atom is 0.171 e. The van der Waals surface area contributed by atoms with Gasteiger partial charge in [-0.15, -0.1) is 0 Å². The van der Waals surface area contributed by atoms with Crippen LogP contribution in [0.15, 0.2) is 78.9 Å². The maximum absolute atomic E-state index is 10.9. The van der Waals surface area contributed by atoms with Gasteiger partial charge in [0.05, 0.1) is 6.17 Å². The van der Waals surface area contributed by atoms with Crippen molar-refractivity contribution in [2.24, 2.45) is 5.92 Å². The first-order chi connectivity index (χ1) is 16.1. The third kappa shape index (κ3) is 3.18. The minimum absolute atomic E-state index is 0.0410. The van der Waals surface area contributed by atoms with Crippen LogP contribution >= 0.6 is 0 Å². The summed E-state index contributed by atoms with van der Waals surface area (Å²) in [5.41, 5.74) is 3.10. The molecule has 4 unspecified atom stereocenters. The number of aromatic hydroxyl groups is 1. The predicted octanol–water partition coefficient (Wildman–Crippen LogP) is 4.62. The monoisotopic (exact) mass is 441 g/mol. The van der Waals surface area contributed by atoms with Crippen LogP contribution in [-0.2, 0) is 6.54 Å². The molecule has 5 heteroatoms. The average molecular weight is 442 g/mol. The van der Waals surface area contributed by atoms with Gasteiger partial charge in [0.1, 0.15) is 11.5 Å². The molecule has 2 saturated heterocycles. The molecule has 4 atom stereocenters. The molecule has 33 heavy (non-hydrogen) atoms. The Morgan fingerprint density at radius 2 is 1.61 bits per heavy atom. The number of piperidine rings is 1. The topological polar surface area (TPSA) is 39.2 Å². The van der Waals surface area contributed by atoms with Crippen LogP contribution in [0.1, 0.15) is 35.3 Å². The normalized spacial score (nSPS) is 29.7. The van der Waals surface area contributed by atoms with E-state index in [0.29, 0.717) is 5.75 Å². The molecule has 5 nitrogen and oxygen atoms in total. The number of phenolic OH excluding ortho intramolecular Hbond substituents is 1. The Morgan fingerprint density at radius 3 is 2.39 bits per heavy atom. The molecule has 170 valence electrons. The summed E-state index contributed by atoms with van der Waals surface area (Å²) in [6.07, 6.45) is 1.01. The number of benzene rings is 3. The predicted molar refractivity (Wildman–Crippen MR) is 129 cm³/mol. The van der Waals surface area contributed by atoms with Crippen LogP contribution in [0, 0.1) is 5.92 Å². The van der Waals surface area contributed by atoms with Crippen LogP contribution < -0.4 is 4.74 Å². The quantitative estimate of drug-likeness (QED) is 0.642. The summed E-state index contributed by atoms with van der Waals surface area (Å²) in [7, 11) is 4.40. The number of phenols is 1. The van der Waals surface area contributed by atoms with Gasteiger partial charge in [0, 0.05) is 49.1 Å². The van der Waals surface area contributed by atoms with Crippen LogP contribution in [-0.4, -0.2) is 52.7 Å². The van der Waals surface area contributed by atoms with Crippen LogP contribution in [0.3, 0.4) is 0 Å². The lowest BCUT2D eigenvalue weighted by atomic mass is 9.73. The lowest BCUT2D eigenvalue weighted by Gasteiger charge is -2.65. The fourth-order valence-corrected chi connectivity index (χ4v) is 6.48. The number of likely N-dealkylation sites (tertiary alicyclic amines) is 1. The Hall–Kier alpha value is -2.86. The molecule has 0 aromatic heterocycles.